The van der Waals surface area contributed by atoms with Crippen molar-refractivity contribution in [3.8, 4) is 0 Å². The molecule has 1 N–H and O–H groups in total. The van der Waals surface area contributed by atoms with Crippen molar-refractivity contribution in [1.82, 2.24) is 4.90 Å². The van der Waals surface area contributed by atoms with Crippen LogP contribution in [0, 0.1) is 5.92 Å². The second-order valence-corrected chi connectivity index (χ2v) is 3.87. The Kier molecular flexibility index (Phi) is 3.25. The number of aliphatic hydroxyl groups is 1. The number of carbonyl (C=O) groups excluding carboxylic acids is 1. The number of carbonyl (C=O) groups is 1. The van der Waals surface area contributed by atoms with E-state index in [2.05, 4.69) is 0 Å². The van der Waals surface area contributed by atoms with E-state index >= 15 is 0 Å². The first-order valence-corrected chi connectivity index (χ1v) is 4.63. The van der Waals surface area contributed by atoms with Crippen LogP contribution in [0.2, 0.25) is 0 Å². The van der Waals surface area contributed by atoms with Gasteiger partial charge in [0.1, 0.15) is 0 Å². The van der Waals surface area contributed by atoms with E-state index in [1.54, 1.807) is 13.8 Å². The third-order valence-corrected chi connectivity index (χ3v) is 2.30. The number of rotatable bonds is 2. The predicted molar refractivity (Wildman–Crippen MR) is 46.9 cm³/mol. The number of nitrogens with zero attached hydrogens (tertiary/aromatic N) is 1. The SMILES string of the molecule is CC(C)C(F)C(=O)N1CC[C@@H](O)C1. The summed E-state index contributed by atoms with van der Waals surface area (Å²) in [5.74, 6) is -0.767. The van der Waals surface area contributed by atoms with E-state index in [0.29, 0.717) is 13.0 Å². The van der Waals surface area contributed by atoms with Crippen LogP contribution in [0.1, 0.15) is 20.3 Å². The number of alkyl halides is 1. The first-order valence-electron chi connectivity index (χ1n) is 4.63. The van der Waals surface area contributed by atoms with Crippen LogP contribution in [-0.4, -0.2) is 41.3 Å². The van der Waals surface area contributed by atoms with Crippen LogP contribution < -0.4 is 0 Å². The van der Waals surface area contributed by atoms with Gasteiger partial charge in [-0.3, -0.25) is 4.79 Å². The monoisotopic (exact) mass is 189 g/mol. The molecule has 0 aliphatic carbocycles. The lowest BCUT2D eigenvalue weighted by Crippen LogP contribution is -2.38. The van der Waals surface area contributed by atoms with Crippen LogP contribution in [0.3, 0.4) is 0 Å². The highest BCUT2D eigenvalue weighted by atomic mass is 19.1. The molecule has 1 aliphatic heterocycles. The fourth-order valence-corrected chi connectivity index (χ4v) is 1.40. The van der Waals surface area contributed by atoms with Crippen molar-refractivity contribution in [3.63, 3.8) is 0 Å². The molecule has 0 bridgehead atoms. The van der Waals surface area contributed by atoms with Gasteiger partial charge in [-0.1, -0.05) is 13.8 Å². The molecule has 13 heavy (non-hydrogen) atoms. The Labute approximate surface area is 77.5 Å². The van der Waals surface area contributed by atoms with Gasteiger partial charge in [0.15, 0.2) is 6.17 Å². The van der Waals surface area contributed by atoms with Gasteiger partial charge in [0, 0.05) is 13.1 Å². The van der Waals surface area contributed by atoms with Crippen molar-refractivity contribution in [2.75, 3.05) is 13.1 Å². The summed E-state index contributed by atoms with van der Waals surface area (Å²) in [6.07, 6.45) is -1.33. The number of amides is 1. The number of likely N-dealkylation sites (tertiary alicyclic amines) is 1. The Bertz CT molecular complexity index is 196. The fraction of sp³-hybridized carbons (Fsp3) is 0.889. The maximum atomic E-state index is 13.2. The number of hydrogen-bond donors (Lipinski definition) is 1. The molecule has 2 atom stereocenters. The van der Waals surface area contributed by atoms with E-state index in [1.807, 2.05) is 0 Å². The van der Waals surface area contributed by atoms with E-state index < -0.39 is 18.2 Å². The quantitative estimate of drug-likeness (QED) is 0.690. The fourth-order valence-electron chi connectivity index (χ4n) is 1.40. The average molecular weight is 189 g/mol. The molecule has 1 unspecified atom stereocenters. The highest BCUT2D eigenvalue weighted by Gasteiger charge is 2.31. The van der Waals surface area contributed by atoms with Gasteiger partial charge >= 0.3 is 0 Å². The number of halogens is 1. The lowest BCUT2D eigenvalue weighted by Gasteiger charge is -2.19. The molecule has 0 aromatic carbocycles. The Balaban J connectivity index is 2.48. The molecule has 0 radical (unpaired) electrons. The van der Waals surface area contributed by atoms with Crippen molar-refractivity contribution in [1.29, 1.82) is 0 Å². The Morgan fingerprint density at radius 1 is 1.62 bits per heavy atom. The van der Waals surface area contributed by atoms with Crippen molar-refractivity contribution in [2.45, 2.75) is 32.5 Å². The smallest absolute Gasteiger partial charge is 0.257 e. The number of aliphatic hydroxyl groups excluding tert-OH is 1. The summed E-state index contributed by atoms with van der Waals surface area (Å²) < 4.78 is 13.2. The van der Waals surface area contributed by atoms with E-state index in [1.165, 1.54) is 4.90 Å². The van der Waals surface area contributed by atoms with E-state index in [-0.39, 0.29) is 12.5 Å². The molecule has 0 aromatic rings. The molecular formula is C9H16FNO2. The molecule has 1 rings (SSSR count). The highest BCUT2D eigenvalue weighted by Crippen LogP contribution is 2.15. The summed E-state index contributed by atoms with van der Waals surface area (Å²) in [6.45, 7) is 4.11. The minimum absolute atomic E-state index is 0.284. The molecule has 4 heteroatoms. The largest absolute Gasteiger partial charge is 0.391 e. The zero-order valence-corrected chi connectivity index (χ0v) is 8.03. The minimum Gasteiger partial charge on any atom is -0.391 e. The van der Waals surface area contributed by atoms with Gasteiger partial charge in [-0.15, -0.1) is 0 Å². The van der Waals surface area contributed by atoms with Gasteiger partial charge in [-0.2, -0.15) is 0 Å². The predicted octanol–water partition coefficient (Wildman–Crippen LogP) is 0.574. The van der Waals surface area contributed by atoms with Crippen LogP contribution in [-0.2, 0) is 4.79 Å². The van der Waals surface area contributed by atoms with Crippen molar-refractivity contribution in [3.05, 3.63) is 0 Å². The Morgan fingerprint density at radius 2 is 2.23 bits per heavy atom. The standard InChI is InChI=1S/C9H16FNO2/c1-6(2)8(10)9(13)11-4-3-7(12)5-11/h6-8,12H,3-5H2,1-2H3/t7-,8?/m1/s1. The molecule has 1 aliphatic rings. The molecule has 76 valence electrons. The molecule has 1 saturated heterocycles. The Morgan fingerprint density at radius 3 is 2.62 bits per heavy atom. The molecule has 1 amide bonds. The summed E-state index contributed by atoms with van der Waals surface area (Å²) in [6, 6.07) is 0. The molecule has 3 nitrogen and oxygen atoms in total. The zero-order valence-electron chi connectivity index (χ0n) is 8.03. The van der Waals surface area contributed by atoms with Crippen molar-refractivity contribution >= 4 is 5.91 Å². The van der Waals surface area contributed by atoms with E-state index in [0.717, 1.165) is 0 Å². The van der Waals surface area contributed by atoms with Gasteiger partial charge in [0.2, 0.25) is 0 Å². The van der Waals surface area contributed by atoms with Gasteiger partial charge in [0.25, 0.3) is 5.91 Å². The van der Waals surface area contributed by atoms with Crippen LogP contribution in [0.25, 0.3) is 0 Å². The van der Waals surface area contributed by atoms with Crippen LogP contribution in [0.4, 0.5) is 4.39 Å². The second-order valence-electron chi connectivity index (χ2n) is 3.87. The molecule has 0 spiro atoms. The molecule has 1 fully saturated rings. The van der Waals surface area contributed by atoms with Crippen LogP contribution >= 0.6 is 0 Å². The normalized spacial score (nSPS) is 25.3. The van der Waals surface area contributed by atoms with Crippen LogP contribution in [0.15, 0.2) is 0 Å². The van der Waals surface area contributed by atoms with E-state index in [9.17, 15) is 9.18 Å². The minimum atomic E-state index is -1.43. The van der Waals surface area contributed by atoms with Gasteiger partial charge < -0.3 is 10.0 Å². The zero-order chi connectivity index (χ0) is 10.0. The summed E-state index contributed by atoms with van der Waals surface area (Å²) >= 11 is 0. The summed E-state index contributed by atoms with van der Waals surface area (Å²) in [4.78, 5) is 12.8. The maximum Gasteiger partial charge on any atom is 0.257 e. The van der Waals surface area contributed by atoms with Gasteiger partial charge in [-0.05, 0) is 12.3 Å². The first-order chi connectivity index (χ1) is 6.02. The number of hydrogen-bond acceptors (Lipinski definition) is 2. The second kappa shape index (κ2) is 4.05. The maximum absolute atomic E-state index is 13.2. The molecule has 0 aromatic heterocycles. The van der Waals surface area contributed by atoms with Crippen molar-refractivity contribution < 1.29 is 14.3 Å². The average Bonchev–Trinajstić information content (AvgIpc) is 2.49. The number of β-amino-alcohol motifs (C(OH)–C–C–N with tert-alkyl or cyclic N) is 1. The van der Waals surface area contributed by atoms with Crippen LogP contribution in [0.5, 0.6) is 0 Å². The Hall–Kier alpha value is -0.640. The van der Waals surface area contributed by atoms with Crippen molar-refractivity contribution in [2.24, 2.45) is 5.92 Å². The highest BCUT2D eigenvalue weighted by molar-refractivity contribution is 5.81. The van der Waals surface area contributed by atoms with E-state index in [4.69, 9.17) is 5.11 Å². The van der Waals surface area contributed by atoms with Gasteiger partial charge in [-0.25, -0.2) is 4.39 Å². The third-order valence-electron chi connectivity index (χ3n) is 2.30. The molecular weight excluding hydrogens is 173 g/mol. The first kappa shape index (κ1) is 10.4. The molecule has 0 saturated carbocycles. The van der Waals surface area contributed by atoms with Gasteiger partial charge in [0.05, 0.1) is 6.10 Å². The summed E-state index contributed by atoms with van der Waals surface area (Å²) in [5, 5.41) is 9.15. The lowest BCUT2D eigenvalue weighted by atomic mass is 10.1. The topological polar surface area (TPSA) is 40.5 Å². The molecule has 1 heterocycles. The lowest BCUT2D eigenvalue weighted by molar-refractivity contribution is -0.137. The summed E-state index contributed by atoms with van der Waals surface area (Å²) in [5.41, 5.74) is 0. The third kappa shape index (κ3) is 2.40. The summed E-state index contributed by atoms with van der Waals surface area (Å²) in [7, 11) is 0.